The average Bonchev–Trinajstić information content (AvgIpc) is 2.94. The number of nitrogens with zero attached hydrogens (tertiary/aromatic N) is 2. The molecule has 3 rings (SSSR count). The molecule has 24 heavy (non-hydrogen) atoms. The molecular weight excluding hydrogens is 294 g/mol. The second-order valence-electron chi connectivity index (χ2n) is 6.71. The van der Waals surface area contributed by atoms with Crippen LogP contribution < -0.4 is 5.32 Å². The molecule has 2 aromatic carbocycles. The molecule has 1 heterocycles. The minimum atomic E-state index is 0.265. The summed E-state index contributed by atoms with van der Waals surface area (Å²) < 4.78 is 2.37. The largest absolute Gasteiger partial charge is 0.322 e. The summed E-state index contributed by atoms with van der Waals surface area (Å²) in [5, 5.41) is 3.69. The predicted octanol–water partition coefficient (Wildman–Crippen LogP) is 4.78. The molecule has 0 fully saturated rings. The van der Waals surface area contributed by atoms with Crippen LogP contribution in [0.25, 0.3) is 11.0 Å². The fraction of sp³-hybridized carbons (Fsp3) is 0.381. The van der Waals surface area contributed by atoms with E-state index in [0.717, 1.165) is 30.9 Å². The first kappa shape index (κ1) is 16.7. The highest BCUT2D eigenvalue weighted by molar-refractivity contribution is 5.76. The Labute approximate surface area is 144 Å². The van der Waals surface area contributed by atoms with E-state index in [0.29, 0.717) is 5.92 Å². The second kappa shape index (κ2) is 7.63. The molecule has 3 nitrogen and oxygen atoms in total. The Morgan fingerprint density at radius 2 is 1.71 bits per heavy atom. The number of fused-ring (bicyclic) bond motifs is 1. The summed E-state index contributed by atoms with van der Waals surface area (Å²) in [5.74, 6) is 1.63. The molecule has 1 aromatic heterocycles. The van der Waals surface area contributed by atoms with Crippen molar-refractivity contribution in [3.63, 3.8) is 0 Å². The quantitative estimate of drug-likeness (QED) is 0.678. The zero-order valence-corrected chi connectivity index (χ0v) is 14.9. The lowest BCUT2D eigenvalue weighted by Gasteiger charge is -2.23. The number of hydrogen-bond acceptors (Lipinski definition) is 2. The van der Waals surface area contributed by atoms with Crippen molar-refractivity contribution < 1.29 is 0 Å². The van der Waals surface area contributed by atoms with Gasteiger partial charge in [-0.2, -0.15) is 0 Å². The minimum Gasteiger partial charge on any atom is -0.322 e. The van der Waals surface area contributed by atoms with E-state index in [-0.39, 0.29) is 6.04 Å². The standard InChI is InChI=1S/C21H27N3/c1-4-14-22-20(16(2)3)21-23-18-12-8-9-13-19(18)24(21)15-17-10-6-5-7-11-17/h5-13,16,20,22H,4,14-15H2,1-3H3/t20-/m1/s1. The van der Waals surface area contributed by atoms with Crippen LogP contribution in [0.5, 0.6) is 0 Å². The van der Waals surface area contributed by atoms with Crippen LogP contribution in [0.1, 0.15) is 44.6 Å². The van der Waals surface area contributed by atoms with Crippen LogP contribution in [0.3, 0.4) is 0 Å². The summed E-state index contributed by atoms with van der Waals surface area (Å²) in [7, 11) is 0. The number of hydrogen-bond donors (Lipinski definition) is 1. The number of para-hydroxylation sites is 2. The Balaban J connectivity index is 2.06. The molecule has 0 bridgehead atoms. The van der Waals surface area contributed by atoms with Crippen LogP contribution in [-0.2, 0) is 6.54 Å². The van der Waals surface area contributed by atoms with Gasteiger partial charge in [0.2, 0.25) is 0 Å². The molecule has 0 radical (unpaired) electrons. The third-order valence-electron chi connectivity index (χ3n) is 4.43. The monoisotopic (exact) mass is 321 g/mol. The van der Waals surface area contributed by atoms with E-state index in [9.17, 15) is 0 Å². The molecule has 0 aliphatic rings. The maximum absolute atomic E-state index is 4.98. The van der Waals surface area contributed by atoms with Crippen molar-refractivity contribution in [1.29, 1.82) is 0 Å². The molecule has 0 amide bonds. The topological polar surface area (TPSA) is 29.9 Å². The maximum Gasteiger partial charge on any atom is 0.127 e. The summed E-state index contributed by atoms with van der Waals surface area (Å²) in [6.45, 7) is 8.60. The highest BCUT2D eigenvalue weighted by Gasteiger charge is 2.22. The van der Waals surface area contributed by atoms with Gasteiger partial charge in [-0.3, -0.25) is 0 Å². The summed E-state index contributed by atoms with van der Waals surface area (Å²) in [5.41, 5.74) is 3.59. The van der Waals surface area contributed by atoms with E-state index < -0.39 is 0 Å². The third-order valence-corrected chi connectivity index (χ3v) is 4.43. The smallest absolute Gasteiger partial charge is 0.127 e. The van der Waals surface area contributed by atoms with E-state index in [2.05, 4.69) is 85.3 Å². The van der Waals surface area contributed by atoms with Crippen molar-refractivity contribution in [2.45, 2.75) is 39.8 Å². The number of imidazole rings is 1. The summed E-state index contributed by atoms with van der Waals surface area (Å²) in [6.07, 6.45) is 1.13. The normalized spacial score (nSPS) is 12.8. The van der Waals surface area contributed by atoms with Gasteiger partial charge in [0, 0.05) is 6.54 Å². The van der Waals surface area contributed by atoms with E-state index in [1.807, 2.05) is 0 Å². The van der Waals surface area contributed by atoms with E-state index >= 15 is 0 Å². The van der Waals surface area contributed by atoms with Crippen molar-refractivity contribution in [2.75, 3.05) is 6.54 Å². The van der Waals surface area contributed by atoms with Gasteiger partial charge in [0.1, 0.15) is 5.82 Å². The molecule has 126 valence electrons. The molecule has 1 atom stereocenters. The van der Waals surface area contributed by atoms with Crippen LogP contribution in [0.2, 0.25) is 0 Å². The molecule has 0 unspecified atom stereocenters. The van der Waals surface area contributed by atoms with Gasteiger partial charge in [-0.25, -0.2) is 4.98 Å². The van der Waals surface area contributed by atoms with E-state index in [4.69, 9.17) is 4.98 Å². The minimum absolute atomic E-state index is 0.265. The fourth-order valence-corrected chi connectivity index (χ4v) is 3.19. The summed E-state index contributed by atoms with van der Waals surface area (Å²) in [6, 6.07) is 19.3. The molecule has 0 aliphatic carbocycles. The lowest BCUT2D eigenvalue weighted by molar-refractivity contribution is 0.385. The summed E-state index contributed by atoms with van der Waals surface area (Å²) >= 11 is 0. The van der Waals surface area contributed by atoms with Gasteiger partial charge >= 0.3 is 0 Å². The van der Waals surface area contributed by atoms with Gasteiger partial charge in [-0.1, -0.05) is 63.2 Å². The molecule has 0 aliphatic heterocycles. The van der Waals surface area contributed by atoms with Gasteiger partial charge in [-0.05, 0) is 36.6 Å². The van der Waals surface area contributed by atoms with Crippen molar-refractivity contribution in [2.24, 2.45) is 5.92 Å². The zero-order valence-electron chi connectivity index (χ0n) is 14.9. The Kier molecular flexibility index (Phi) is 5.31. The molecule has 3 heteroatoms. The highest BCUT2D eigenvalue weighted by atomic mass is 15.1. The average molecular weight is 321 g/mol. The Morgan fingerprint density at radius 1 is 1.00 bits per heavy atom. The first-order valence-electron chi connectivity index (χ1n) is 8.93. The van der Waals surface area contributed by atoms with Gasteiger partial charge in [-0.15, -0.1) is 0 Å². The molecule has 0 spiro atoms. The van der Waals surface area contributed by atoms with Gasteiger partial charge in [0.15, 0.2) is 0 Å². The molecule has 0 saturated carbocycles. The Morgan fingerprint density at radius 3 is 2.42 bits per heavy atom. The Hall–Kier alpha value is -2.13. The lowest BCUT2D eigenvalue weighted by Crippen LogP contribution is -2.29. The fourth-order valence-electron chi connectivity index (χ4n) is 3.19. The van der Waals surface area contributed by atoms with Crippen LogP contribution in [0.15, 0.2) is 54.6 Å². The highest BCUT2D eigenvalue weighted by Crippen LogP contribution is 2.26. The molecule has 0 saturated heterocycles. The summed E-state index contributed by atoms with van der Waals surface area (Å²) in [4.78, 5) is 4.98. The maximum atomic E-state index is 4.98. The number of rotatable bonds is 7. The third kappa shape index (κ3) is 3.51. The number of aromatic nitrogens is 2. The van der Waals surface area contributed by atoms with Crippen molar-refractivity contribution in [3.05, 3.63) is 66.0 Å². The number of benzene rings is 2. The van der Waals surface area contributed by atoms with Gasteiger partial charge in [0.05, 0.1) is 17.1 Å². The van der Waals surface area contributed by atoms with Crippen LogP contribution in [0.4, 0.5) is 0 Å². The zero-order chi connectivity index (χ0) is 16.9. The predicted molar refractivity (Wildman–Crippen MR) is 101 cm³/mol. The van der Waals surface area contributed by atoms with Crippen molar-refractivity contribution in [1.82, 2.24) is 14.9 Å². The van der Waals surface area contributed by atoms with Crippen LogP contribution >= 0.6 is 0 Å². The first-order valence-corrected chi connectivity index (χ1v) is 8.93. The number of nitrogens with one attached hydrogen (secondary N) is 1. The Bertz CT molecular complexity index is 774. The van der Waals surface area contributed by atoms with Crippen LogP contribution in [0, 0.1) is 5.92 Å². The second-order valence-corrected chi connectivity index (χ2v) is 6.71. The first-order chi connectivity index (χ1) is 11.7. The van der Waals surface area contributed by atoms with Crippen LogP contribution in [-0.4, -0.2) is 16.1 Å². The van der Waals surface area contributed by atoms with Gasteiger partial charge < -0.3 is 9.88 Å². The molecule has 1 N–H and O–H groups in total. The van der Waals surface area contributed by atoms with Gasteiger partial charge in [0.25, 0.3) is 0 Å². The molecule has 3 aromatic rings. The van der Waals surface area contributed by atoms with Crippen molar-refractivity contribution in [3.8, 4) is 0 Å². The SMILES string of the molecule is CCCN[C@@H](c1nc2ccccc2n1Cc1ccccc1)C(C)C. The van der Waals surface area contributed by atoms with E-state index in [1.165, 1.54) is 11.1 Å². The lowest BCUT2D eigenvalue weighted by atomic mass is 10.0. The molecular formula is C21H27N3. The van der Waals surface area contributed by atoms with Crippen molar-refractivity contribution >= 4 is 11.0 Å². The van der Waals surface area contributed by atoms with E-state index in [1.54, 1.807) is 0 Å².